The highest BCUT2D eigenvalue weighted by atomic mass is 35.5. The van der Waals surface area contributed by atoms with E-state index in [-0.39, 0.29) is 35.3 Å². The molecule has 6 heteroatoms. The average Bonchev–Trinajstić information content (AvgIpc) is 3.44. The van der Waals surface area contributed by atoms with Crippen LogP contribution in [-0.4, -0.2) is 11.8 Å². The van der Waals surface area contributed by atoms with Crippen molar-refractivity contribution < 1.29 is 14.0 Å². The largest absolute Gasteiger partial charge is 0.325 e. The van der Waals surface area contributed by atoms with Gasteiger partial charge in [-0.3, -0.25) is 9.59 Å². The highest BCUT2D eigenvalue weighted by molar-refractivity contribution is 6.30. The van der Waals surface area contributed by atoms with Crippen molar-refractivity contribution in [2.24, 2.45) is 11.8 Å². The molecule has 3 rings (SSSR count). The number of hydrogen-bond acceptors (Lipinski definition) is 2. The first kappa shape index (κ1) is 19.4. The minimum Gasteiger partial charge on any atom is -0.325 e. The van der Waals surface area contributed by atoms with Crippen LogP contribution in [0.2, 0.25) is 5.02 Å². The fourth-order valence-corrected chi connectivity index (χ4v) is 3.13. The summed E-state index contributed by atoms with van der Waals surface area (Å²) < 4.78 is 14.0. The molecular formula is C21H22ClFN2O2. The molecule has 4 nitrogen and oxygen atoms in total. The molecule has 0 heterocycles. The van der Waals surface area contributed by atoms with E-state index in [9.17, 15) is 14.0 Å². The molecule has 0 aromatic heterocycles. The van der Waals surface area contributed by atoms with Gasteiger partial charge < -0.3 is 10.6 Å². The Hall–Kier alpha value is -2.40. The van der Waals surface area contributed by atoms with Crippen molar-refractivity contribution in [2.45, 2.75) is 32.6 Å². The summed E-state index contributed by atoms with van der Waals surface area (Å²) in [6.45, 7) is 3.93. The number of rotatable bonds is 6. The smallest absolute Gasteiger partial charge is 0.232 e. The summed E-state index contributed by atoms with van der Waals surface area (Å²) in [7, 11) is 0. The molecule has 27 heavy (non-hydrogen) atoms. The summed E-state index contributed by atoms with van der Waals surface area (Å²) in [4.78, 5) is 24.7. The first-order chi connectivity index (χ1) is 12.8. The van der Waals surface area contributed by atoms with Gasteiger partial charge in [-0.15, -0.1) is 0 Å². The van der Waals surface area contributed by atoms with Gasteiger partial charge in [0.2, 0.25) is 11.8 Å². The van der Waals surface area contributed by atoms with Gasteiger partial charge in [-0.25, -0.2) is 4.39 Å². The third-order valence-corrected chi connectivity index (χ3v) is 4.87. The molecule has 2 amide bonds. The molecule has 1 aliphatic rings. The standard InChI is InChI=1S/C21H22ClFN2O2/c1-12(2)19(13-5-7-15(22)8-6-13)21(27)24-16-9-10-17(23)18(11-16)25-20(26)14-3-4-14/h5-12,14,19H,3-4H2,1-2H3,(H,24,27)(H,25,26). The SMILES string of the molecule is CC(C)C(C(=O)Nc1ccc(F)c(NC(=O)C2CC2)c1)c1ccc(Cl)cc1. The quantitative estimate of drug-likeness (QED) is 0.714. The summed E-state index contributed by atoms with van der Waals surface area (Å²) in [6, 6.07) is 11.3. The summed E-state index contributed by atoms with van der Waals surface area (Å²) in [6.07, 6.45) is 1.67. The zero-order valence-corrected chi connectivity index (χ0v) is 16.0. The normalized spacial score (nSPS) is 14.7. The van der Waals surface area contributed by atoms with E-state index in [4.69, 9.17) is 11.6 Å². The molecule has 0 radical (unpaired) electrons. The van der Waals surface area contributed by atoms with E-state index in [1.54, 1.807) is 12.1 Å². The van der Waals surface area contributed by atoms with Crippen LogP contribution in [0.15, 0.2) is 42.5 Å². The van der Waals surface area contributed by atoms with Crippen LogP contribution >= 0.6 is 11.6 Å². The van der Waals surface area contributed by atoms with Gasteiger partial charge in [0.05, 0.1) is 11.6 Å². The number of anilines is 2. The molecule has 2 aromatic rings. The first-order valence-corrected chi connectivity index (χ1v) is 9.39. The van der Waals surface area contributed by atoms with Crippen LogP contribution in [0.3, 0.4) is 0 Å². The van der Waals surface area contributed by atoms with Gasteiger partial charge in [-0.1, -0.05) is 37.6 Å². The Bertz CT molecular complexity index is 848. The van der Waals surface area contributed by atoms with E-state index in [2.05, 4.69) is 10.6 Å². The van der Waals surface area contributed by atoms with Crippen LogP contribution in [0.4, 0.5) is 15.8 Å². The van der Waals surface area contributed by atoms with Crippen molar-refractivity contribution in [2.75, 3.05) is 10.6 Å². The Labute approximate surface area is 163 Å². The van der Waals surface area contributed by atoms with E-state index in [1.165, 1.54) is 18.2 Å². The van der Waals surface area contributed by atoms with Gasteiger partial charge in [0, 0.05) is 16.6 Å². The van der Waals surface area contributed by atoms with Gasteiger partial charge >= 0.3 is 0 Å². The fourth-order valence-electron chi connectivity index (χ4n) is 3.01. The lowest BCUT2D eigenvalue weighted by molar-refractivity contribution is -0.118. The Morgan fingerprint density at radius 2 is 1.74 bits per heavy atom. The Morgan fingerprint density at radius 3 is 2.33 bits per heavy atom. The van der Waals surface area contributed by atoms with Crippen molar-refractivity contribution in [1.29, 1.82) is 0 Å². The van der Waals surface area contributed by atoms with E-state index in [0.717, 1.165) is 18.4 Å². The fraction of sp³-hybridized carbons (Fsp3) is 0.333. The summed E-state index contributed by atoms with van der Waals surface area (Å²) in [5.41, 5.74) is 1.38. The lowest BCUT2D eigenvalue weighted by atomic mass is 9.87. The molecule has 0 bridgehead atoms. The van der Waals surface area contributed by atoms with Crippen LogP contribution in [0.5, 0.6) is 0 Å². The van der Waals surface area contributed by atoms with Crippen LogP contribution < -0.4 is 10.6 Å². The summed E-state index contributed by atoms with van der Waals surface area (Å²) in [5, 5.41) is 6.04. The lowest BCUT2D eigenvalue weighted by Crippen LogP contribution is -2.25. The Balaban J connectivity index is 1.77. The molecule has 1 aliphatic carbocycles. The van der Waals surface area contributed by atoms with Gasteiger partial charge in [0.25, 0.3) is 0 Å². The van der Waals surface area contributed by atoms with Crippen molar-refractivity contribution in [3.05, 3.63) is 58.9 Å². The van der Waals surface area contributed by atoms with E-state index in [0.29, 0.717) is 10.7 Å². The molecule has 0 saturated heterocycles. The van der Waals surface area contributed by atoms with Crippen LogP contribution in [0.1, 0.15) is 38.2 Å². The van der Waals surface area contributed by atoms with Crippen molar-refractivity contribution >= 4 is 34.8 Å². The predicted molar refractivity (Wildman–Crippen MR) is 105 cm³/mol. The zero-order chi connectivity index (χ0) is 19.6. The molecule has 0 aliphatic heterocycles. The van der Waals surface area contributed by atoms with Crippen LogP contribution in [-0.2, 0) is 9.59 Å². The molecule has 0 spiro atoms. The minimum absolute atomic E-state index is 0.0297. The third kappa shape index (κ3) is 4.86. The molecule has 1 saturated carbocycles. The summed E-state index contributed by atoms with van der Waals surface area (Å²) in [5.74, 6) is -1.26. The van der Waals surface area contributed by atoms with E-state index < -0.39 is 5.82 Å². The molecule has 1 unspecified atom stereocenters. The third-order valence-electron chi connectivity index (χ3n) is 4.62. The number of hydrogen-bond donors (Lipinski definition) is 2. The molecule has 142 valence electrons. The predicted octanol–water partition coefficient (Wildman–Crippen LogP) is 5.21. The second-order valence-corrected chi connectivity index (χ2v) is 7.66. The maximum atomic E-state index is 14.0. The highest BCUT2D eigenvalue weighted by Crippen LogP contribution is 2.32. The molecular weight excluding hydrogens is 367 g/mol. The van der Waals surface area contributed by atoms with Gasteiger partial charge in [0.1, 0.15) is 5.82 Å². The molecule has 2 N–H and O–H groups in total. The maximum Gasteiger partial charge on any atom is 0.232 e. The van der Waals surface area contributed by atoms with E-state index >= 15 is 0 Å². The monoisotopic (exact) mass is 388 g/mol. The first-order valence-electron chi connectivity index (χ1n) is 9.02. The minimum atomic E-state index is -0.528. The number of benzene rings is 2. The number of carbonyl (C=O) groups is 2. The molecule has 2 aromatic carbocycles. The Morgan fingerprint density at radius 1 is 1.07 bits per heavy atom. The van der Waals surface area contributed by atoms with Gasteiger partial charge in [0.15, 0.2) is 0 Å². The van der Waals surface area contributed by atoms with Crippen molar-refractivity contribution in [3.8, 4) is 0 Å². The zero-order valence-electron chi connectivity index (χ0n) is 15.3. The van der Waals surface area contributed by atoms with Gasteiger partial charge in [-0.2, -0.15) is 0 Å². The maximum absolute atomic E-state index is 14.0. The van der Waals surface area contributed by atoms with Crippen molar-refractivity contribution in [3.63, 3.8) is 0 Å². The number of nitrogens with one attached hydrogen (secondary N) is 2. The molecule has 1 fully saturated rings. The lowest BCUT2D eigenvalue weighted by Gasteiger charge is -2.21. The van der Waals surface area contributed by atoms with Crippen molar-refractivity contribution in [1.82, 2.24) is 0 Å². The number of amides is 2. The average molecular weight is 389 g/mol. The number of carbonyl (C=O) groups excluding carboxylic acids is 2. The second-order valence-electron chi connectivity index (χ2n) is 7.22. The van der Waals surface area contributed by atoms with Gasteiger partial charge in [-0.05, 0) is 54.7 Å². The number of halogens is 2. The topological polar surface area (TPSA) is 58.2 Å². The van der Waals surface area contributed by atoms with Crippen LogP contribution in [0, 0.1) is 17.7 Å². The highest BCUT2D eigenvalue weighted by Gasteiger charge is 2.30. The van der Waals surface area contributed by atoms with E-state index in [1.807, 2.05) is 26.0 Å². The van der Waals surface area contributed by atoms with Crippen LogP contribution in [0.25, 0.3) is 0 Å². The Kier molecular flexibility index (Phi) is 5.80. The summed E-state index contributed by atoms with van der Waals surface area (Å²) >= 11 is 5.94. The molecule has 1 atom stereocenters. The second kappa shape index (κ2) is 8.09.